The topological polar surface area (TPSA) is 44.5 Å². The smallest absolute Gasteiger partial charge is 0.161 e. The predicted octanol–water partition coefficient (Wildman–Crippen LogP) is 0.0944. The molecule has 3 rings (SSSR count). The van der Waals surface area contributed by atoms with Crippen LogP contribution in [0.25, 0.3) is 0 Å². The van der Waals surface area contributed by atoms with Crippen molar-refractivity contribution in [1.82, 2.24) is 0 Å². The molecule has 0 saturated carbocycles. The Kier molecular flexibility index (Phi) is 5.48. The standard InChI is InChI=1S/C17H19NO2.ClH/c18-15(8-6-13-4-2-1-3-5-13)14-7-9-16-17(12-14)20-11-10-19-16;/h1-5,7,9,12,15H,6,8,10-11,18H2;1H/p-1. The van der Waals surface area contributed by atoms with Gasteiger partial charge in [-0.1, -0.05) is 36.4 Å². The molecule has 2 N–H and O–H groups in total. The second-order valence-corrected chi connectivity index (χ2v) is 5.03. The van der Waals surface area contributed by atoms with E-state index in [1.54, 1.807) is 0 Å². The van der Waals surface area contributed by atoms with E-state index in [0.29, 0.717) is 13.2 Å². The first-order chi connectivity index (χ1) is 9.83. The summed E-state index contributed by atoms with van der Waals surface area (Å²) >= 11 is 0. The van der Waals surface area contributed by atoms with Crippen molar-refractivity contribution in [2.24, 2.45) is 5.73 Å². The van der Waals surface area contributed by atoms with E-state index in [4.69, 9.17) is 15.2 Å². The second kappa shape index (κ2) is 7.34. The molecule has 1 aliphatic rings. The van der Waals surface area contributed by atoms with Crippen LogP contribution in [0.15, 0.2) is 48.5 Å². The summed E-state index contributed by atoms with van der Waals surface area (Å²) in [4.78, 5) is 0. The Morgan fingerprint density at radius 3 is 2.43 bits per heavy atom. The Labute approximate surface area is 131 Å². The summed E-state index contributed by atoms with van der Waals surface area (Å²) < 4.78 is 11.1. The molecule has 1 unspecified atom stereocenters. The van der Waals surface area contributed by atoms with Crippen LogP contribution >= 0.6 is 0 Å². The molecule has 0 fully saturated rings. The van der Waals surface area contributed by atoms with E-state index in [-0.39, 0.29) is 18.4 Å². The summed E-state index contributed by atoms with van der Waals surface area (Å²) in [6.07, 6.45) is 1.90. The SMILES string of the molecule is NC(CCc1ccccc1)c1ccc2c(c1)OCCO2.[Cl-]. The maximum atomic E-state index is 6.28. The molecule has 0 saturated heterocycles. The van der Waals surface area contributed by atoms with E-state index >= 15 is 0 Å². The van der Waals surface area contributed by atoms with E-state index < -0.39 is 0 Å². The summed E-state index contributed by atoms with van der Waals surface area (Å²) in [6.45, 7) is 1.22. The van der Waals surface area contributed by atoms with Gasteiger partial charge in [0.05, 0.1) is 0 Å². The van der Waals surface area contributed by atoms with E-state index in [1.807, 2.05) is 24.3 Å². The number of hydrogen-bond acceptors (Lipinski definition) is 3. The van der Waals surface area contributed by atoms with E-state index in [0.717, 1.165) is 29.9 Å². The van der Waals surface area contributed by atoms with Crippen molar-refractivity contribution < 1.29 is 21.9 Å². The van der Waals surface area contributed by atoms with Crippen molar-refractivity contribution >= 4 is 0 Å². The molecule has 0 spiro atoms. The zero-order valence-corrected chi connectivity index (χ0v) is 12.6. The van der Waals surface area contributed by atoms with Gasteiger partial charge in [0.25, 0.3) is 0 Å². The number of ether oxygens (including phenoxy) is 2. The molecule has 0 radical (unpaired) electrons. The summed E-state index contributed by atoms with van der Waals surface area (Å²) in [5.41, 5.74) is 8.70. The average Bonchev–Trinajstić information content (AvgIpc) is 2.53. The number of benzene rings is 2. The lowest BCUT2D eigenvalue weighted by atomic mass is 9.99. The van der Waals surface area contributed by atoms with Crippen LogP contribution in [0.1, 0.15) is 23.6 Å². The van der Waals surface area contributed by atoms with E-state index in [2.05, 4.69) is 24.3 Å². The van der Waals surface area contributed by atoms with E-state index in [1.165, 1.54) is 5.56 Å². The Hall–Kier alpha value is -1.71. The summed E-state index contributed by atoms with van der Waals surface area (Å²) in [5, 5.41) is 0. The maximum absolute atomic E-state index is 6.28. The van der Waals surface area contributed by atoms with Crippen molar-refractivity contribution in [3.05, 3.63) is 59.7 Å². The van der Waals surface area contributed by atoms with Crippen LogP contribution in [0.4, 0.5) is 0 Å². The number of hydrogen-bond donors (Lipinski definition) is 1. The van der Waals surface area contributed by atoms with Gasteiger partial charge in [-0.25, -0.2) is 0 Å². The number of halogens is 1. The van der Waals surface area contributed by atoms with Gasteiger partial charge in [0, 0.05) is 6.04 Å². The first kappa shape index (κ1) is 15.7. The van der Waals surface area contributed by atoms with Gasteiger partial charge in [0.1, 0.15) is 13.2 Å². The highest BCUT2D eigenvalue weighted by Crippen LogP contribution is 2.32. The van der Waals surface area contributed by atoms with Gasteiger partial charge >= 0.3 is 0 Å². The molecule has 1 aliphatic heterocycles. The molecule has 1 atom stereocenters. The lowest BCUT2D eigenvalue weighted by Gasteiger charge is -2.20. The summed E-state index contributed by atoms with van der Waals surface area (Å²) in [5.74, 6) is 1.62. The van der Waals surface area contributed by atoms with Gasteiger partial charge in [-0.05, 0) is 36.1 Å². The normalized spacial score (nSPS) is 14.1. The van der Waals surface area contributed by atoms with Crippen molar-refractivity contribution in [2.45, 2.75) is 18.9 Å². The van der Waals surface area contributed by atoms with Gasteiger partial charge in [-0.15, -0.1) is 0 Å². The maximum Gasteiger partial charge on any atom is 0.161 e. The lowest BCUT2D eigenvalue weighted by Crippen LogP contribution is -3.00. The fourth-order valence-electron chi connectivity index (χ4n) is 2.42. The molecule has 0 aliphatic carbocycles. The van der Waals surface area contributed by atoms with Gasteiger partial charge in [-0.3, -0.25) is 0 Å². The van der Waals surface area contributed by atoms with Crippen LogP contribution in [-0.4, -0.2) is 13.2 Å². The van der Waals surface area contributed by atoms with E-state index in [9.17, 15) is 0 Å². The van der Waals surface area contributed by atoms with Crippen LogP contribution < -0.4 is 27.6 Å². The first-order valence-electron chi connectivity index (χ1n) is 7.02. The largest absolute Gasteiger partial charge is 1.00 e. The zero-order valence-electron chi connectivity index (χ0n) is 11.8. The third-order valence-electron chi connectivity index (χ3n) is 3.58. The minimum absolute atomic E-state index is 0. The van der Waals surface area contributed by atoms with Crippen LogP contribution in [0, 0.1) is 0 Å². The highest BCUT2D eigenvalue weighted by molar-refractivity contribution is 5.44. The summed E-state index contributed by atoms with van der Waals surface area (Å²) in [7, 11) is 0. The molecule has 21 heavy (non-hydrogen) atoms. The molecule has 3 nitrogen and oxygen atoms in total. The minimum Gasteiger partial charge on any atom is -1.00 e. The zero-order chi connectivity index (χ0) is 13.8. The molecule has 2 aromatic rings. The molecule has 0 bridgehead atoms. The number of rotatable bonds is 4. The quantitative estimate of drug-likeness (QED) is 0.871. The fraction of sp³-hybridized carbons (Fsp3) is 0.294. The monoisotopic (exact) mass is 304 g/mol. The molecule has 1 heterocycles. The lowest BCUT2D eigenvalue weighted by molar-refractivity contribution is -0.00000471. The van der Waals surface area contributed by atoms with Crippen LogP contribution in [0.3, 0.4) is 0 Å². The number of fused-ring (bicyclic) bond motifs is 1. The Morgan fingerprint density at radius 1 is 0.952 bits per heavy atom. The fourth-order valence-corrected chi connectivity index (χ4v) is 2.42. The van der Waals surface area contributed by atoms with Crippen molar-refractivity contribution in [2.75, 3.05) is 13.2 Å². The minimum atomic E-state index is 0. The molecule has 4 heteroatoms. The van der Waals surface area contributed by atoms with Crippen LogP contribution in [-0.2, 0) is 6.42 Å². The molecule has 2 aromatic carbocycles. The molecular weight excluding hydrogens is 286 g/mol. The molecule has 0 amide bonds. The highest BCUT2D eigenvalue weighted by atomic mass is 35.5. The Morgan fingerprint density at radius 2 is 1.67 bits per heavy atom. The summed E-state index contributed by atoms with van der Waals surface area (Å²) in [6, 6.07) is 16.4. The van der Waals surface area contributed by atoms with Crippen molar-refractivity contribution in [3.8, 4) is 11.5 Å². The Bertz CT molecular complexity index is 574. The van der Waals surface area contributed by atoms with Crippen molar-refractivity contribution in [1.29, 1.82) is 0 Å². The predicted molar refractivity (Wildman–Crippen MR) is 79.1 cm³/mol. The van der Waals surface area contributed by atoms with Gasteiger partial charge in [0.15, 0.2) is 11.5 Å². The first-order valence-corrected chi connectivity index (χ1v) is 7.02. The number of nitrogens with two attached hydrogens (primary N) is 1. The third-order valence-corrected chi connectivity index (χ3v) is 3.58. The van der Waals surface area contributed by atoms with Gasteiger partial charge in [0.2, 0.25) is 0 Å². The van der Waals surface area contributed by atoms with Crippen LogP contribution in [0.5, 0.6) is 11.5 Å². The third kappa shape index (κ3) is 3.90. The average molecular weight is 305 g/mol. The van der Waals surface area contributed by atoms with Gasteiger partial charge < -0.3 is 27.6 Å². The number of aryl methyl sites for hydroxylation is 1. The van der Waals surface area contributed by atoms with Crippen LogP contribution in [0.2, 0.25) is 0 Å². The van der Waals surface area contributed by atoms with Gasteiger partial charge in [-0.2, -0.15) is 0 Å². The van der Waals surface area contributed by atoms with Crippen molar-refractivity contribution in [3.63, 3.8) is 0 Å². The Balaban J connectivity index is 0.00000161. The second-order valence-electron chi connectivity index (χ2n) is 5.03. The highest BCUT2D eigenvalue weighted by Gasteiger charge is 2.14. The molecular formula is C17H19ClNO2-. The molecule has 112 valence electrons. The molecule has 0 aromatic heterocycles.